The van der Waals surface area contributed by atoms with Crippen LogP contribution in [0, 0.1) is 0 Å². The first kappa shape index (κ1) is 11.2. The number of carbonyl (C=O) groups is 1. The average Bonchev–Trinajstić information content (AvgIpc) is 2.30. The van der Waals surface area contributed by atoms with Crippen LogP contribution in [0.15, 0.2) is 33.5 Å². The molecule has 0 aliphatic carbocycles. The molecule has 88 valence electrons. The molecule has 1 heterocycles. The van der Waals surface area contributed by atoms with Crippen molar-refractivity contribution in [3.05, 3.63) is 40.2 Å². The molecule has 1 aromatic carbocycles. The highest BCUT2D eigenvalue weighted by atomic mass is 16.5. The van der Waals surface area contributed by atoms with Crippen molar-refractivity contribution in [1.29, 1.82) is 0 Å². The predicted octanol–water partition coefficient (Wildman–Crippen LogP) is 1.55. The molecule has 5 nitrogen and oxygen atoms in total. The fourth-order valence-corrected chi connectivity index (χ4v) is 1.50. The molecule has 0 spiro atoms. The summed E-state index contributed by atoms with van der Waals surface area (Å²) in [6, 6.07) is 5.95. The second-order valence-corrected chi connectivity index (χ2v) is 3.42. The van der Waals surface area contributed by atoms with Gasteiger partial charge in [-0.3, -0.25) is 4.79 Å². The number of anilines is 1. The first-order chi connectivity index (χ1) is 8.13. The van der Waals surface area contributed by atoms with E-state index in [-0.39, 0.29) is 23.4 Å². The summed E-state index contributed by atoms with van der Waals surface area (Å²) in [7, 11) is 0. The van der Waals surface area contributed by atoms with Crippen molar-refractivity contribution in [2.24, 2.45) is 0 Å². The molecule has 0 fully saturated rings. The quantitative estimate of drug-likeness (QED) is 0.628. The molecule has 1 aromatic heterocycles. The molecule has 0 saturated carbocycles. The Kier molecular flexibility index (Phi) is 2.82. The van der Waals surface area contributed by atoms with Crippen LogP contribution in [0.25, 0.3) is 11.0 Å². The molecule has 5 heteroatoms. The van der Waals surface area contributed by atoms with Gasteiger partial charge in [-0.1, -0.05) is 6.07 Å². The number of para-hydroxylation sites is 1. The van der Waals surface area contributed by atoms with Gasteiger partial charge in [-0.15, -0.1) is 0 Å². The Morgan fingerprint density at radius 2 is 2.24 bits per heavy atom. The maximum absolute atomic E-state index is 11.7. The summed E-state index contributed by atoms with van der Waals surface area (Å²) in [4.78, 5) is 23.2. The maximum atomic E-state index is 11.7. The molecule has 2 aromatic rings. The second kappa shape index (κ2) is 4.29. The lowest BCUT2D eigenvalue weighted by molar-refractivity contribution is 0.0491. The van der Waals surface area contributed by atoms with Gasteiger partial charge in [-0.25, -0.2) is 4.79 Å². The molecule has 0 aliphatic rings. The molecular weight excluding hydrogens is 222 g/mol. The van der Waals surface area contributed by atoms with Crippen molar-refractivity contribution in [1.82, 2.24) is 0 Å². The van der Waals surface area contributed by atoms with Gasteiger partial charge in [0.1, 0.15) is 0 Å². The second-order valence-electron chi connectivity index (χ2n) is 3.42. The van der Waals surface area contributed by atoms with Crippen molar-refractivity contribution in [2.45, 2.75) is 6.92 Å². The van der Waals surface area contributed by atoms with Crippen LogP contribution in [-0.4, -0.2) is 12.6 Å². The Labute approximate surface area is 96.8 Å². The fraction of sp³-hybridized carbons (Fsp3) is 0.167. The number of nitrogens with two attached hydrogens (primary N) is 1. The minimum atomic E-state index is -0.672. The van der Waals surface area contributed by atoms with Gasteiger partial charge in [0.15, 0.2) is 11.0 Å². The minimum Gasteiger partial charge on any atom is -0.460 e. The predicted molar refractivity (Wildman–Crippen MR) is 62.9 cm³/mol. The van der Waals surface area contributed by atoms with E-state index in [0.29, 0.717) is 11.1 Å². The van der Waals surface area contributed by atoms with Crippen molar-refractivity contribution in [2.75, 3.05) is 12.3 Å². The van der Waals surface area contributed by atoms with Crippen molar-refractivity contribution >= 4 is 22.6 Å². The highest BCUT2D eigenvalue weighted by Gasteiger charge is 2.14. The Morgan fingerprint density at radius 1 is 1.47 bits per heavy atom. The van der Waals surface area contributed by atoms with Crippen molar-refractivity contribution < 1.29 is 13.9 Å². The van der Waals surface area contributed by atoms with Gasteiger partial charge in [-0.05, 0) is 19.1 Å². The van der Waals surface area contributed by atoms with Crippen LogP contribution >= 0.6 is 0 Å². The molecule has 2 rings (SSSR count). The Bertz CT molecular complexity index is 630. The molecule has 0 amide bonds. The summed E-state index contributed by atoms with van der Waals surface area (Å²) in [5, 5.41) is 0.345. The van der Waals surface area contributed by atoms with Gasteiger partial charge in [-0.2, -0.15) is 0 Å². The third-order valence-electron chi connectivity index (χ3n) is 2.26. The molecule has 0 aliphatic heterocycles. The zero-order chi connectivity index (χ0) is 12.4. The van der Waals surface area contributed by atoms with Crippen LogP contribution in [0.3, 0.4) is 0 Å². The van der Waals surface area contributed by atoms with E-state index in [1.54, 1.807) is 25.1 Å². The standard InChI is InChI=1S/C12H11NO4/c1-2-16-12(15)10-6-9(14)7-4-3-5-8(13)11(7)17-10/h3-6H,2,13H2,1H3. The molecule has 0 saturated heterocycles. The molecule has 0 radical (unpaired) electrons. The van der Waals surface area contributed by atoms with Gasteiger partial charge in [0.25, 0.3) is 0 Å². The highest BCUT2D eigenvalue weighted by Crippen LogP contribution is 2.19. The summed E-state index contributed by atoms with van der Waals surface area (Å²) in [6.07, 6.45) is 0. The smallest absolute Gasteiger partial charge is 0.374 e. The summed E-state index contributed by atoms with van der Waals surface area (Å²) in [5.74, 6) is -0.808. The Hall–Kier alpha value is -2.30. The number of carbonyl (C=O) groups excluding carboxylic acids is 1. The van der Waals surface area contributed by atoms with E-state index in [2.05, 4.69) is 0 Å². The minimum absolute atomic E-state index is 0.137. The fourth-order valence-electron chi connectivity index (χ4n) is 1.50. The van der Waals surface area contributed by atoms with E-state index >= 15 is 0 Å². The van der Waals surface area contributed by atoms with Gasteiger partial charge in [0.05, 0.1) is 17.7 Å². The molecule has 17 heavy (non-hydrogen) atoms. The molecule has 0 atom stereocenters. The topological polar surface area (TPSA) is 82.5 Å². The van der Waals surface area contributed by atoms with E-state index in [0.717, 1.165) is 6.07 Å². The van der Waals surface area contributed by atoms with Gasteiger partial charge < -0.3 is 14.9 Å². The summed E-state index contributed by atoms with van der Waals surface area (Å²) >= 11 is 0. The largest absolute Gasteiger partial charge is 0.460 e. The summed E-state index contributed by atoms with van der Waals surface area (Å²) in [6.45, 7) is 1.89. The van der Waals surface area contributed by atoms with E-state index in [9.17, 15) is 9.59 Å². The zero-order valence-electron chi connectivity index (χ0n) is 9.23. The van der Waals surface area contributed by atoms with Crippen LogP contribution in [0.2, 0.25) is 0 Å². The molecule has 0 bridgehead atoms. The zero-order valence-corrected chi connectivity index (χ0v) is 9.23. The average molecular weight is 233 g/mol. The summed E-state index contributed by atoms with van der Waals surface area (Å²) in [5.41, 5.74) is 5.89. The van der Waals surface area contributed by atoms with Crippen LogP contribution in [0.4, 0.5) is 5.69 Å². The number of hydrogen-bond donors (Lipinski definition) is 1. The SMILES string of the molecule is CCOC(=O)c1cc(=O)c2cccc(N)c2o1. The van der Waals surface area contributed by atoms with Crippen LogP contribution in [0.1, 0.15) is 17.5 Å². The first-order valence-corrected chi connectivity index (χ1v) is 5.13. The number of ether oxygens (including phenoxy) is 1. The lowest BCUT2D eigenvalue weighted by Gasteiger charge is -2.04. The van der Waals surface area contributed by atoms with Crippen LogP contribution < -0.4 is 11.2 Å². The Morgan fingerprint density at radius 3 is 2.94 bits per heavy atom. The lowest BCUT2D eigenvalue weighted by Crippen LogP contribution is -2.10. The number of fused-ring (bicyclic) bond motifs is 1. The number of hydrogen-bond acceptors (Lipinski definition) is 5. The highest BCUT2D eigenvalue weighted by molar-refractivity contribution is 5.92. The first-order valence-electron chi connectivity index (χ1n) is 5.13. The van der Waals surface area contributed by atoms with Gasteiger partial charge in [0, 0.05) is 6.07 Å². The maximum Gasteiger partial charge on any atom is 0.374 e. The molecular formula is C12H11NO4. The van der Waals surface area contributed by atoms with E-state index in [4.69, 9.17) is 14.9 Å². The van der Waals surface area contributed by atoms with Gasteiger partial charge in [0.2, 0.25) is 5.76 Å². The van der Waals surface area contributed by atoms with Crippen LogP contribution in [0.5, 0.6) is 0 Å². The number of esters is 1. The Balaban J connectivity index is 2.66. The molecule has 2 N–H and O–H groups in total. The van der Waals surface area contributed by atoms with E-state index < -0.39 is 5.97 Å². The van der Waals surface area contributed by atoms with E-state index in [1.807, 2.05) is 0 Å². The number of rotatable bonds is 2. The number of nitrogen functional groups attached to an aromatic ring is 1. The monoisotopic (exact) mass is 233 g/mol. The van der Waals surface area contributed by atoms with Crippen molar-refractivity contribution in [3.8, 4) is 0 Å². The van der Waals surface area contributed by atoms with Crippen molar-refractivity contribution in [3.63, 3.8) is 0 Å². The van der Waals surface area contributed by atoms with E-state index in [1.165, 1.54) is 0 Å². The third kappa shape index (κ3) is 1.99. The third-order valence-corrected chi connectivity index (χ3v) is 2.26. The normalized spacial score (nSPS) is 10.4. The summed E-state index contributed by atoms with van der Waals surface area (Å²) < 4.78 is 10.0. The van der Waals surface area contributed by atoms with Crippen LogP contribution in [-0.2, 0) is 4.74 Å². The van der Waals surface area contributed by atoms with Gasteiger partial charge >= 0.3 is 5.97 Å². The lowest BCUT2D eigenvalue weighted by atomic mass is 10.2. The molecule has 0 unspecified atom stereocenters. The number of benzene rings is 1.